The molecule has 2 N–H and O–H groups in total. The fourth-order valence-corrected chi connectivity index (χ4v) is 2.19. The number of hydrogen-bond donors (Lipinski definition) is 2. The SMILES string of the molecule is C[C@@H](NCCCO)c1nn(C)c(=O)c2cc(F)c(F)cc12. The van der Waals surface area contributed by atoms with Gasteiger partial charge < -0.3 is 10.4 Å². The zero-order chi connectivity index (χ0) is 15.6. The van der Waals surface area contributed by atoms with E-state index in [1.54, 1.807) is 0 Å². The van der Waals surface area contributed by atoms with E-state index in [9.17, 15) is 13.6 Å². The zero-order valence-corrected chi connectivity index (χ0v) is 11.9. The van der Waals surface area contributed by atoms with Crippen molar-refractivity contribution in [3.63, 3.8) is 0 Å². The first-order valence-electron chi connectivity index (χ1n) is 6.66. The molecule has 0 saturated carbocycles. The Hall–Kier alpha value is -1.86. The van der Waals surface area contributed by atoms with Gasteiger partial charge in [0.15, 0.2) is 11.6 Å². The van der Waals surface area contributed by atoms with Gasteiger partial charge in [0.2, 0.25) is 0 Å². The summed E-state index contributed by atoms with van der Waals surface area (Å²) in [7, 11) is 1.47. The Balaban J connectivity index is 2.55. The van der Waals surface area contributed by atoms with E-state index >= 15 is 0 Å². The maximum atomic E-state index is 13.5. The number of halogens is 2. The van der Waals surface area contributed by atoms with Gasteiger partial charge in [-0.2, -0.15) is 5.10 Å². The average molecular weight is 297 g/mol. The van der Waals surface area contributed by atoms with E-state index in [-0.39, 0.29) is 18.0 Å². The molecule has 0 radical (unpaired) electrons. The lowest BCUT2D eigenvalue weighted by atomic mass is 10.1. The van der Waals surface area contributed by atoms with E-state index in [0.29, 0.717) is 24.0 Å². The molecule has 0 aliphatic carbocycles. The fraction of sp³-hybridized carbons (Fsp3) is 0.429. The van der Waals surface area contributed by atoms with Crippen molar-refractivity contribution >= 4 is 10.8 Å². The summed E-state index contributed by atoms with van der Waals surface area (Å²) < 4.78 is 27.9. The van der Waals surface area contributed by atoms with Gasteiger partial charge in [-0.05, 0) is 32.0 Å². The molecule has 0 bridgehead atoms. The second-order valence-electron chi connectivity index (χ2n) is 4.88. The van der Waals surface area contributed by atoms with Crippen LogP contribution in [0.15, 0.2) is 16.9 Å². The first kappa shape index (κ1) is 15.5. The minimum Gasteiger partial charge on any atom is -0.396 e. The molecule has 2 rings (SSSR count). The van der Waals surface area contributed by atoms with E-state index in [1.165, 1.54) is 7.05 Å². The molecule has 1 atom stereocenters. The smallest absolute Gasteiger partial charge is 0.274 e. The molecule has 0 unspecified atom stereocenters. The highest BCUT2D eigenvalue weighted by atomic mass is 19.2. The second-order valence-corrected chi connectivity index (χ2v) is 4.88. The lowest BCUT2D eigenvalue weighted by Crippen LogP contribution is -2.27. The highest BCUT2D eigenvalue weighted by molar-refractivity contribution is 5.84. The van der Waals surface area contributed by atoms with E-state index in [2.05, 4.69) is 10.4 Å². The van der Waals surface area contributed by atoms with Gasteiger partial charge in [0, 0.05) is 25.1 Å². The largest absolute Gasteiger partial charge is 0.396 e. The van der Waals surface area contributed by atoms with Gasteiger partial charge in [0.25, 0.3) is 5.56 Å². The topological polar surface area (TPSA) is 67.2 Å². The minimum atomic E-state index is -1.06. The summed E-state index contributed by atoms with van der Waals surface area (Å²) in [6, 6.07) is 1.63. The Labute approximate surface area is 120 Å². The predicted molar refractivity (Wildman–Crippen MR) is 75.0 cm³/mol. The van der Waals surface area contributed by atoms with E-state index in [1.807, 2.05) is 6.92 Å². The number of aryl methyl sites for hydroxylation is 1. The average Bonchev–Trinajstić information content (AvgIpc) is 2.45. The van der Waals surface area contributed by atoms with E-state index in [0.717, 1.165) is 16.8 Å². The van der Waals surface area contributed by atoms with Crippen molar-refractivity contribution in [3.8, 4) is 0 Å². The minimum absolute atomic E-state index is 0.0566. The van der Waals surface area contributed by atoms with Crippen LogP contribution in [0.2, 0.25) is 0 Å². The van der Waals surface area contributed by atoms with Crippen LogP contribution in [0.4, 0.5) is 8.78 Å². The quantitative estimate of drug-likeness (QED) is 0.815. The van der Waals surface area contributed by atoms with Crippen molar-refractivity contribution in [2.45, 2.75) is 19.4 Å². The Bertz CT molecular complexity index is 715. The number of aromatic nitrogens is 2. The zero-order valence-electron chi connectivity index (χ0n) is 11.9. The van der Waals surface area contributed by atoms with Crippen LogP contribution in [0.1, 0.15) is 25.1 Å². The monoisotopic (exact) mass is 297 g/mol. The molecule has 1 aromatic carbocycles. The van der Waals surface area contributed by atoms with Crippen LogP contribution in [0.5, 0.6) is 0 Å². The van der Waals surface area contributed by atoms with E-state index in [4.69, 9.17) is 5.11 Å². The van der Waals surface area contributed by atoms with Crippen LogP contribution >= 0.6 is 0 Å². The molecule has 21 heavy (non-hydrogen) atoms. The third-order valence-electron chi connectivity index (χ3n) is 3.31. The van der Waals surface area contributed by atoms with Gasteiger partial charge in [0.05, 0.1) is 11.1 Å². The lowest BCUT2D eigenvalue weighted by molar-refractivity contribution is 0.283. The van der Waals surface area contributed by atoms with Crippen LogP contribution in [-0.4, -0.2) is 28.0 Å². The summed E-state index contributed by atoms with van der Waals surface area (Å²) in [5.41, 5.74) is -0.0147. The van der Waals surface area contributed by atoms with Gasteiger partial charge >= 0.3 is 0 Å². The van der Waals surface area contributed by atoms with Gasteiger partial charge in [-0.3, -0.25) is 4.79 Å². The molecule has 2 aromatic rings. The van der Waals surface area contributed by atoms with Crippen molar-refractivity contribution in [1.82, 2.24) is 15.1 Å². The predicted octanol–water partition coefficient (Wildman–Crippen LogP) is 1.24. The second kappa shape index (κ2) is 6.28. The summed E-state index contributed by atoms with van der Waals surface area (Å²) in [4.78, 5) is 12.0. The van der Waals surface area contributed by atoms with Crippen molar-refractivity contribution in [2.24, 2.45) is 7.05 Å². The normalized spacial score (nSPS) is 12.8. The Kier molecular flexibility index (Phi) is 4.64. The molecule has 0 saturated heterocycles. The molecule has 7 heteroatoms. The molecule has 5 nitrogen and oxygen atoms in total. The molecule has 0 aliphatic heterocycles. The highest BCUT2D eigenvalue weighted by Crippen LogP contribution is 2.22. The number of nitrogens with one attached hydrogen (secondary N) is 1. The molecule has 0 aliphatic rings. The number of benzene rings is 1. The summed E-state index contributed by atoms with van der Waals surface area (Å²) in [5, 5.41) is 16.4. The molecule has 0 spiro atoms. The van der Waals surface area contributed by atoms with Crippen molar-refractivity contribution < 1.29 is 13.9 Å². The molecule has 1 aromatic heterocycles. The molecule has 0 fully saturated rings. The maximum Gasteiger partial charge on any atom is 0.274 e. The molecule has 1 heterocycles. The number of rotatable bonds is 5. The summed E-state index contributed by atoms with van der Waals surface area (Å²) >= 11 is 0. The first-order valence-corrected chi connectivity index (χ1v) is 6.66. The molecular formula is C14H17F2N3O2. The van der Waals surface area contributed by atoms with Gasteiger partial charge in [-0.1, -0.05) is 0 Å². The number of nitrogens with zero attached hydrogens (tertiary/aromatic N) is 2. The lowest BCUT2D eigenvalue weighted by Gasteiger charge is -2.16. The van der Waals surface area contributed by atoms with Gasteiger partial charge in [-0.15, -0.1) is 0 Å². The highest BCUT2D eigenvalue weighted by Gasteiger charge is 2.17. The number of fused-ring (bicyclic) bond motifs is 1. The summed E-state index contributed by atoms with van der Waals surface area (Å²) in [6.07, 6.45) is 0.566. The van der Waals surface area contributed by atoms with Crippen LogP contribution in [0.25, 0.3) is 10.8 Å². The third-order valence-corrected chi connectivity index (χ3v) is 3.31. The molecular weight excluding hydrogens is 280 g/mol. The number of aliphatic hydroxyl groups is 1. The maximum absolute atomic E-state index is 13.5. The van der Waals surface area contributed by atoms with Crippen molar-refractivity contribution in [2.75, 3.05) is 13.2 Å². The molecule has 114 valence electrons. The van der Waals surface area contributed by atoms with Crippen LogP contribution in [0, 0.1) is 11.6 Å². The van der Waals surface area contributed by atoms with Crippen molar-refractivity contribution in [1.29, 1.82) is 0 Å². The van der Waals surface area contributed by atoms with Crippen molar-refractivity contribution in [3.05, 3.63) is 39.8 Å². The van der Waals surface area contributed by atoms with E-state index < -0.39 is 17.2 Å². The van der Waals surface area contributed by atoms with Crippen LogP contribution in [-0.2, 0) is 7.05 Å². The third kappa shape index (κ3) is 3.08. The first-order chi connectivity index (χ1) is 9.95. The molecule has 0 amide bonds. The Morgan fingerprint density at radius 2 is 1.95 bits per heavy atom. The number of hydrogen-bond acceptors (Lipinski definition) is 4. The van der Waals surface area contributed by atoms with Crippen LogP contribution < -0.4 is 10.9 Å². The standard InChI is InChI=1S/C14H17F2N3O2/c1-8(17-4-3-5-20)13-9-6-11(15)12(16)7-10(9)14(21)19(2)18-13/h6-8,17,20H,3-5H2,1-2H3/t8-/m1/s1. The van der Waals surface area contributed by atoms with Gasteiger partial charge in [0.1, 0.15) is 0 Å². The van der Waals surface area contributed by atoms with Crippen LogP contribution in [0.3, 0.4) is 0 Å². The summed E-state index contributed by atoms with van der Waals surface area (Å²) in [5.74, 6) is -2.07. The Morgan fingerprint density at radius 1 is 1.33 bits per heavy atom. The summed E-state index contributed by atoms with van der Waals surface area (Å²) in [6.45, 7) is 2.42. The fourth-order valence-electron chi connectivity index (χ4n) is 2.19. The van der Waals surface area contributed by atoms with Gasteiger partial charge in [-0.25, -0.2) is 13.5 Å². The Morgan fingerprint density at radius 3 is 2.57 bits per heavy atom. The number of aliphatic hydroxyl groups excluding tert-OH is 1.